The first-order valence-corrected chi connectivity index (χ1v) is 9.98. The number of nitrogen functional groups attached to an aromatic ring is 1. The summed E-state index contributed by atoms with van der Waals surface area (Å²) in [5.74, 6) is 0.0209. The molecule has 0 amide bonds. The van der Waals surface area contributed by atoms with Gasteiger partial charge in [-0.05, 0) is 49.4 Å². The fourth-order valence-corrected chi connectivity index (χ4v) is 5.80. The smallest absolute Gasteiger partial charge is 0.240 e. The second-order valence-corrected chi connectivity index (χ2v) is 9.56. The summed E-state index contributed by atoms with van der Waals surface area (Å²) in [6.45, 7) is 3.57. The van der Waals surface area contributed by atoms with Crippen LogP contribution < -0.4 is 10.5 Å². The Balaban J connectivity index is 2.16. The highest BCUT2D eigenvalue weighted by Gasteiger charge is 2.29. The minimum atomic E-state index is -3.69. The van der Waals surface area contributed by atoms with Crippen LogP contribution in [0.2, 0.25) is 0 Å². The number of benzene rings is 1. The van der Waals surface area contributed by atoms with E-state index in [2.05, 4.69) is 4.72 Å². The Hall–Kier alpha value is -1.12. The zero-order chi connectivity index (χ0) is 15.8. The van der Waals surface area contributed by atoms with Gasteiger partial charge >= 0.3 is 0 Å². The van der Waals surface area contributed by atoms with Gasteiger partial charge in [-0.2, -0.15) is 0 Å². The summed E-state index contributed by atoms with van der Waals surface area (Å²) in [4.78, 5) is 0.154. The minimum Gasteiger partial charge on any atom is -0.398 e. The summed E-state index contributed by atoms with van der Waals surface area (Å²) in [5.41, 5.74) is 7.50. The number of hydrogen-bond donors (Lipinski definition) is 2. The Bertz CT molecular complexity index is 755. The quantitative estimate of drug-likeness (QED) is 0.785. The van der Waals surface area contributed by atoms with Gasteiger partial charge in [-0.25, -0.2) is 21.6 Å². The highest BCUT2D eigenvalue weighted by molar-refractivity contribution is 7.91. The van der Waals surface area contributed by atoms with Crippen molar-refractivity contribution in [3.8, 4) is 0 Å². The van der Waals surface area contributed by atoms with Crippen molar-refractivity contribution in [3.05, 3.63) is 23.3 Å². The number of sulfone groups is 1. The van der Waals surface area contributed by atoms with Gasteiger partial charge in [-0.15, -0.1) is 0 Å². The number of sulfonamides is 1. The fraction of sp³-hybridized carbons (Fsp3) is 0.538. The molecule has 3 N–H and O–H groups in total. The molecule has 1 aliphatic rings. The molecule has 1 aromatic rings. The molecule has 1 atom stereocenters. The Kier molecular flexibility index (Phi) is 4.32. The third-order valence-corrected chi connectivity index (χ3v) is 7.11. The summed E-state index contributed by atoms with van der Waals surface area (Å²) in [6.07, 6.45) is 0.500. The lowest BCUT2D eigenvalue weighted by Gasteiger charge is -2.14. The molecule has 118 valence electrons. The van der Waals surface area contributed by atoms with Gasteiger partial charge < -0.3 is 5.73 Å². The highest BCUT2D eigenvalue weighted by atomic mass is 32.2. The lowest BCUT2D eigenvalue weighted by atomic mass is 10.1. The molecule has 1 fully saturated rings. The molecular formula is C13H20N2O4S2. The number of hydrogen-bond acceptors (Lipinski definition) is 5. The molecule has 6 nitrogen and oxygen atoms in total. The number of aryl methyl sites for hydroxylation is 1. The van der Waals surface area contributed by atoms with Gasteiger partial charge in [0.05, 0.1) is 16.4 Å². The van der Waals surface area contributed by atoms with E-state index in [1.807, 2.05) is 0 Å². The van der Waals surface area contributed by atoms with E-state index in [0.717, 1.165) is 5.56 Å². The summed E-state index contributed by atoms with van der Waals surface area (Å²) >= 11 is 0. The lowest BCUT2D eigenvalue weighted by Crippen LogP contribution is -2.30. The molecule has 0 aromatic heterocycles. The first-order chi connectivity index (χ1) is 9.61. The van der Waals surface area contributed by atoms with Gasteiger partial charge in [0.25, 0.3) is 0 Å². The summed E-state index contributed by atoms with van der Waals surface area (Å²) < 4.78 is 50.0. The van der Waals surface area contributed by atoms with Crippen molar-refractivity contribution in [2.24, 2.45) is 5.92 Å². The van der Waals surface area contributed by atoms with Crippen molar-refractivity contribution in [3.63, 3.8) is 0 Å². The molecule has 0 radical (unpaired) electrons. The second kappa shape index (κ2) is 5.58. The summed E-state index contributed by atoms with van der Waals surface area (Å²) in [5, 5.41) is 0. The SMILES string of the molecule is Cc1cc(N)c(C)c(S(=O)(=O)NCC2CCS(=O)(=O)C2)c1. The zero-order valence-corrected chi connectivity index (χ0v) is 13.7. The van der Waals surface area contributed by atoms with Gasteiger partial charge in [-0.1, -0.05) is 0 Å². The molecule has 1 heterocycles. The fourth-order valence-electron chi connectivity index (χ4n) is 2.47. The van der Waals surface area contributed by atoms with Gasteiger partial charge in [0, 0.05) is 12.2 Å². The van der Waals surface area contributed by atoms with Crippen LogP contribution in [0.5, 0.6) is 0 Å². The average molecular weight is 332 g/mol. The lowest BCUT2D eigenvalue weighted by molar-refractivity contribution is 0.543. The second-order valence-electron chi connectivity index (χ2n) is 5.60. The van der Waals surface area contributed by atoms with Crippen LogP contribution in [-0.2, 0) is 19.9 Å². The molecule has 0 aliphatic carbocycles. The van der Waals surface area contributed by atoms with Crippen molar-refractivity contribution >= 4 is 25.5 Å². The Labute approximate surface area is 125 Å². The molecule has 1 aromatic carbocycles. The number of anilines is 1. The summed E-state index contributed by atoms with van der Waals surface area (Å²) in [6, 6.07) is 3.29. The monoisotopic (exact) mass is 332 g/mol. The van der Waals surface area contributed by atoms with Gasteiger partial charge in [0.1, 0.15) is 0 Å². The molecule has 1 aliphatic heterocycles. The molecular weight excluding hydrogens is 312 g/mol. The summed E-state index contributed by atoms with van der Waals surface area (Å²) in [7, 11) is -6.69. The van der Waals surface area contributed by atoms with E-state index in [-0.39, 0.29) is 28.9 Å². The molecule has 0 saturated carbocycles. The third-order valence-electron chi connectivity index (χ3n) is 3.72. The van der Waals surface area contributed by atoms with Crippen LogP contribution in [0.4, 0.5) is 5.69 Å². The highest BCUT2D eigenvalue weighted by Crippen LogP contribution is 2.24. The number of nitrogens with two attached hydrogens (primary N) is 1. The zero-order valence-electron chi connectivity index (χ0n) is 12.1. The predicted octanol–water partition coefficient (Wildman–Crippen LogP) is 0.599. The minimum absolute atomic E-state index is 0.0461. The van der Waals surface area contributed by atoms with Crippen LogP contribution in [0.3, 0.4) is 0 Å². The predicted molar refractivity (Wildman–Crippen MR) is 82.3 cm³/mol. The normalized spacial score (nSPS) is 21.5. The molecule has 21 heavy (non-hydrogen) atoms. The third kappa shape index (κ3) is 3.75. The van der Waals surface area contributed by atoms with E-state index >= 15 is 0 Å². The first kappa shape index (κ1) is 16.3. The van der Waals surface area contributed by atoms with Crippen molar-refractivity contribution in [1.29, 1.82) is 0 Å². The van der Waals surface area contributed by atoms with Crippen LogP contribution in [0, 0.1) is 19.8 Å². The van der Waals surface area contributed by atoms with Crippen LogP contribution in [0.1, 0.15) is 17.5 Å². The maximum atomic E-state index is 12.4. The van der Waals surface area contributed by atoms with Gasteiger partial charge in [0.15, 0.2) is 9.84 Å². The van der Waals surface area contributed by atoms with Crippen LogP contribution in [-0.4, -0.2) is 34.9 Å². The average Bonchev–Trinajstić information content (AvgIpc) is 2.71. The van der Waals surface area contributed by atoms with Crippen molar-refractivity contribution < 1.29 is 16.8 Å². The van der Waals surface area contributed by atoms with Crippen LogP contribution in [0.25, 0.3) is 0 Å². The van der Waals surface area contributed by atoms with Gasteiger partial charge in [-0.3, -0.25) is 0 Å². The Morgan fingerprint density at radius 2 is 2.00 bits per heavy atom. The van der Waals surface area contributed by atoms with Crippen LogP contribution >= 0.6 is 0 Å². The van der Waals surface area contributed by atoms with E-state index in [1.165, 1.54) is 0 Å². The molecule has 2 rings (SSSR count). The van der Waals surface area contributed by atoms with Crippen molar-refractivity contribution in [2.45, 2.75) is 25.2 Å². The van der Waals surface area contributed by atoms with E-state index in [9.17, 15) is 16.8 Å². The van der Waals surface area contributed by atoms with E-state index in [4.69, 9.17) is 5.73 Å². The van der Waals surface area contributed by atoms with E-state index < -0.39 is 19.9 Å². The molecule has 0 spiro atoms. The molecule has 1 saturated heterocycles. The van der Waals surface area contributed by atoms with Crippen molar-refractivity contribution in [1.82, 2.24) is 4.72 Å². The Morgan fingerprint density at radius 1 is 1.33 bits per heavy atom. The van der Waals surface area contributed by atoms with E-state index in [0.29, 0.717) is 17.7 Å². The van der Waals surface area contributed by atoms with Gasteiger partial charge in [0.2, 0.25) is 10.0 Å². The molecule has 1 unspecified atom stereocenters. The number of nitrogens with one attached hydrogen (secondary N) is 1. The topological polar surface area (TPSA) is 106 Å². The van der Waals surface area contributed by atoms with Crippen LogP contribution in [0.15, 0.2) is 17.0 Å². The van der Waals surface area contributed by atoms with Crippen molar-refractivity contribution in [2.75, 3.05) is 23.8 Å². The largest absolute Gasteiger partial charge is 0.398 e. The maximum Gasteiger partial charge on any atom is 0.240 e. The maximum absolute atomic E-state index is 12.4. The first-order valence-electron chi connectivity index (χ1n) is 6.67. The van der Waals surface area contributed by atoms with E-state index in [1.54, 1.807) is 26.0 Å². The Morgan fingerprint density at radius 3 is 2.57 bits per heavy atom. The molecule has 8 heteroatoms. The standard InChI is InChI=1S/C13H20N2O4S2/c1-9-5-12(14)10(2)13(6-9)21(18,19)15-7-11-3-4-20(16,17)8-11/h5-6,11,15H,3-4,7-8,14H2,1-2H3. The molecule has 0 bridgehead atoms. The number of rotatable bonds is 4.